The number of thioether (sulfide) groups is 1. The smallest absolute Gasteiger partial charge is 0.136 e. The van der Waals surface area contributed by atoms with Crippen molar-refractivity contribution in [2.24, 2.45) is 5.73 Å². The summed E-state index contributed by atoms with van der Waals surface area (Å²) in [5.74, 6) is 2.02. The molecule has 0 atom stereocenters. The lowest BCUT2D eigenvalue weighted by Crippen LogP contribution is -2.16. The fourth-order valence-corrected chi connectivity index (χ4v) is 2.81. The number of anilines is 1. The largest absolute Gasteiger partial charge is 0.389 e. The molecule has 1 aliphatic carbocycles. The normalized spacial score (nSPS) is 13.4. The number of hydrogen-bond donors (Lipinski definition) is 2. The Bertz CT molecular complexity index is 446. The third kappa shape index (κ3) is 3.14. The highest BCUT2D eigenvalue weighted by Gasteiger charge is 2.17. The molecule has 1 heterocycles. The molecule has 0 saturated carbocycles. The number of aromatic nitrogens is 1. The molecule has 0 radical (unpaired) electrons. The number of nitrogens with one attached hydrogen (secondary N) is 1. The average Bonchev–Trinajstić information content (AvgIpc) is 2.80. The Morgan fingerprint density at radius 3 is 3.11 bits per heavy atom. The van der Waals surface area contributed by atoms with Crippen LogP contribution in [0.4, 0.5) is 5.82 Å². The first-order valence-electron chi connectivity index (χ1n) is 6.27. The Labute approximate surface area is 118 Å². The predicted molar refractivity (Wildman–Crippen MR) is 83.6 cm³/mol. The molecule has 0 fully saturated rings. The van der Waals surface area contributed by atoms with E-state index in [2.05, 4.69) is 22.6 Å². The van der Waals surface area contributed by atoms with Crippen LogP contribution < -0.4 is 11.1 Å². The van der Waals surface area contributed by atoms with Crippen LogP contribution in [0.3, 0.4) is 0 Å². The van der Waals surface area contributed by atoms with Gasteiger partial charge in [0, 0.05) is 12.2 Å². The summed E-state index contributed by atoms with van der Waals surface area (Å²) in [5, 5.41) is 3.37. The molecule has 1 aromatic heterocycles. The molecule has 0 saturated heterocycles. The van der Waals surface area contributed by atoms with Crippen LogP contribution >= 0.6 is 24.0 Å². The van der Waals surface area contributed by atoms with Gasteiger partial charge in [0.05, 0.1) is 5.56 Å². The molecule has 3 nitrogen and oxygen atoms in total. The maximum Gasteiger partial charge on any atom is 0.136 e. The monoisotopic (exact) mass is 281 g/mol. The van der Waals surface area contributed by atoms with Gasteiger partial charge in [-0.25, -0.2) is 4.98 Å². The molecule has 5 heteroatoms. The zero-order chi connectivity index (χ0) is 13.0. The van der Waals surface area contributed by atoms with Crippen molar-refractivity contribution in [3.63, 3.8) is 0 Å². The lowest BCUT2D eigenvalue weighted by molar-refractivity contribution is 0.898. The van der Waals surface area contributed by atoms with Crippen molar-refractivity contribution in [1.82, 2.24) is 4.98 Å². The van der Waals surface area contributed by atoms with Crippen molar-refractivity contribution < 1.29 is 0 Å². The van der Waals surface area contributed by atoms with Crippen molar-refractivity contribution in [2.75, 3.05) is 23.9 Å². The molecule has 98 valence electrons. The van der Waals surface area contributed by atoms with Crippen molar-refractivity contribution in [1.29, 1.82) is 0 Å². The Hall–Kier alpha value is -0.810. The van der Waals surface area contributed by atoms with Crippen molar-refractivity contribution >= 4 is 34.8 Å². The van der Waals surface area contributed by atoms with E-state index in [-0.39, 0.29) is 0 Å². The Balaban J connectivity index is 2.14. The quantitative estimate of drug-likeness (QED) is 0.619. The van der Waals surface area contributed by atoms with E-state index in [0.29, 0.717) is 4.99 Å². The molecule has 1 aromatic rings. The Kier molecular flexibility index (Phi) is 4.83. The van der Waals surface area contributed by atoms with E-state index in [1.807, 2.05) is 11.8 Å². The van der Waals surface area contributed by atoms with E-state index >= 15 is 0 Å². The van der Waals surface area contributed by atoms with Gasteiger partial charge in [0.2, 0.25) is 0 Å². The van der Waals surface area contributed by atoms with Crippen molar-refractivity contribution in [3.8, 4) is 0 Å². The number of fused-ring (bicyclic) bond motifs is 1. The highest BCUT2D eigenvalue weighted by molar-refractivity contribution is 7.98. The average molecular weight is 281 g/mol. The van der Waals surface area contributed by atoms with Gasteiger partial charge >= 0.3 is 0 Å². The molecular formula is C13H19N3S2. The minimum absolute atomic E-state index is 0.435. The number of pyridine rings is 1. The van der Waals surface area contributed by atoms with Crippen molar-refractivity contribution in [3.05, 3.63) is 22.9 Å². The maximum absolute atomic E-state index is 5.79. The van der Waals surface area contributed by atoms with Crippen LogP contribution in [-0.2, 0) is 12.8 Å². The summed E-state index contributed by atoms with van der Waals surface area (Å²) >= 11 is 6.97. The summed E-state index contributed by atoms with van der Waals surface area (Å²) in [6, 6.07) is 2.12. The maximum atomic E-state index is 5.79. The molecule has 18 heavy (non-hydrogen) atoms. The minimum atomic E-state index is 0.435. The molecule has 0 spiro atoms. The van der Waals surface area contributed by atoms with Gasteiger partial charge in [0.25, 0.3) is 0 Å². The Morgan fingerprint density at radius 1 is 1.56 bits per heavy atom. The van der Waals surface area contributed by atoms with Gasteiger partial charge in [0.1, 0.15) is 10.8 Å². The van der Waals surface area contributed by atoms with Crippen LogP contribution in [0.15, 0.2) is 6.07 Å². The summed E-state index contributed by atoms with van der Waals surface area (Å²) in [7, 11) is 0. The summed E-state index contributed by atoms with van der Waals surface area (Å²) < 4.78 is 0. The number of thiocarbonyl (C=S) groups is 1. The van der Waals surface area contributed by atoms with Crippen LogP contribution in [0.1, 0.15) is 29.7 Å². The molecule has 0 amide bonds. The summed E-state index contributed by atoms with van der Waals surface area (Å²) in [6.45, 7) is 0.919. The van der Waals surface area contributed by atoms with Gasteiger partial charge in [-0.1, -0.05) is 12.2 Å². The lowest BCUT2D eigenvalue weighted by atomic mass is 10.1. The van der Waals surface area contributed by atoms with Crippen LogP contribution in [0, 0.1) is 0 Å². The van der Waals surface area contributed by atoms with Gasteiger partial charge < -0.3 is 11.1 Å². The van der Waals surface area contributed by atoms with E-state index < -0.39 is 0 Å². The summed E-state index contributed by atoms with van der Waals surface area (Å²) in [5.41, 5.74) is 9.21. The van der Waals surface area contributed by atoms with E-state index in [1.165, 1.54) is 17.7 Å². The second-order valence-electron chi connectivity index (χ2n) is 4.48. The molecule has 2 rings (SSSR count). The minimum Gasteiger partial charge on any atom is -0.389 e. The molecule has 0 aromatic carbocycles. The molecule has 1 aliphatic rings. The number of hydrogen-bond acceptors (Lipinski definition) is 4. The SMILES string of the molecule is CSCCCNc1nc2c(cc1C(N)=S)CCC2. The van der Waals surface area contributed by atoms with E-state index in [1.54, 1.807) is 0 Å². The molecular weight excluding hydrogens is 262 g/mol. The van der Waals surface area contributed by atoms with E-state index in [0.717, 1.165) is 42.9 Å². The van der Waals surface area contributed by atoms with Gasteiger partial charge in [-0.15, -0.1) is 0 Å². The first kappa shape index (κ1) is 13.6. The third-order valence-electron chi connectivity index (χ3n) is 3.13. The highest BCUT2D eigenvalue weighted by atomic mass is 32.2. The fraction of sp³-hybridized carbons (Fsp3) is 0.538. The van der Waals surface area contributed by atoms with Gasteiger partial charge in [0.15, 0.2) is 0 Å². The third-order valence-corrected chi connectivity index (χ3v) is 4.05. The van der Waals surface area contributed by atoms with Crippen LogP contribution in [0.5, 0.6) is 0 Å². The van der Waals surface area contributed by atoms with Crippen LogP contribution in [-0.4, -0.2) is 28.5 Å². The topological polar surface area (TPSA) is 50.9 Å². The van der Waals surface area contributed by atoms with Gasteiger partial charge in [-0.2, -0.15) is 11.8 Å². The standard InChI is InChI=1S/C13H19N3S2/c1-18-7-3-6-15-13-10(12(14)17)8-9-4-2-5-11(9)16-13/h8H,2-7H2,1H3,(H2,14,17)(H,15,16). The van der Waals surface area contributed by atoms with Gasteiger partial charge in [-0.05, 0) is 49.3 Å². The van der Waals surface area contributed by atoms with Crippen molar-refractivity contribution in [2.45, 2.75) is 25.7 Å². The van der Waals surface area contributed by atoms with Crippen LogP contribution in [0.25, 0.3) is 0 Å². The van der Waals surface area contributed by atoms with Crippen LogP contribution in [0.2, 0.25) is 0 Å². The fourth-order valence-electron chi connectivity index (χ4n) is 2.22. The van der Waals surface area contributed by atoms with E-state index in [9.17, 15) is 0 Å². The van der Waals surface area contributed by atoms with E-state index in [4.69, 9.17) is 18.0 Å². The second-order valence-corrected chi connectivity index (χ2v) is 5.91. The zero-order valence-electron chi connectivity index (χ0n) is 10.7. The second kappa shape index (κ2) is 6.38. The highest BCUT2D eigenvalue weighted by Crippen LogP contribution is 2.25. The number of nitrogens with zero attached hydrogens (tertiary/aromatic N) is 1. The Morgan fingerprint density at radius 2 is 2.39 bits per heavy atom. The molecule has 0 bridgehead atoms. The first-order valence-corrected chi connectivity index (χ1v) is 8.08. The number of rotatable bonds is 6. The predicted octanol–water partition coefficient (Wildman–Crippen LogP) is 2.37. The molecule has 0 aliphatic heterocycles. The molecule has 0 unspecified atom stereocenters. The summed E-state index contributed by atoms with van der Waals surface area (Å²) in [4.78, 5) is 5.12. The van der Waals surface area contributed by atoms with Gasteiger partial charge in [-0.3, -0.25) is 0 Å². The molecule has 3 N–H and O–H groups in total. The summed E-state index contributed by atoms with van der Waals surface area (Å²) in [6.07, 6.45) is 6.61. The lowest BCUT2D eigenvalue weighted by Gasteiger charge is -2.12. The number of aryl methyl sites for hydroxylation is 2. The first-order chi connectivity index (χ1) is 8.72. The zero-order valence-corrected chi connectivity index (χ0v) is 12.3. The number of nitrogens with two attached hydrogens (primary N) is 1.